The highest BCUT2D eigenvalue weighted by atomic mass is 35.5. The molecule has 0 bridgehead atoms. The smallest absolute Gasteiger partial charge is 0.309 e. The number of aliphatic carboxylic acids is 1. The van der Waals surface area contributed by atoms with Gasteiger partial charge < -0.3 is 5.11 Å². The number of halogens is 3. The van der Waals surface area contributed by atoms with E-state index in [2.05, 4.69) is 4.98 Å². The van der Waals surface area contributed by atoms with Crippen LogP contribution in [-0.4, -0.2) is 16.1 Å². The van der Waals surface area contributed by atoms with Crippen molar-refractivity contribution in [2.24, 2.45) is 0 Å². The molecule has 98 valence electrons. The molecular weight excluding hydrogens is 309 g/mol. The van der Waals surface area contributed by atoms with Gasteiger partial charge in [-0.25, -0.2) is 4.98 Å². The Kier molecular flexibility index (Phi) is 4.30. The highest BCUT2D eigenvalue weighted by Gasteiger charge is 2.13. The first kappa shape index (κ1) is 14.1. The normalized spacial score (nSPS) is 10.5. The molecule has 1 N–H and O–H groups in total. The summed E-state index contributed by atoms with van der Waals surface area (Å²) in [5.74, 6) is -0.966. The third-order valence-electron chi connectivity index (χ3n) is 2.47. The maximum Gasteiger partial charge on any atom is 0.309 e. The fourth-order valence-electron chi connectivity index (χ4n) is 1.67. The van der Waals surface area contributed by atoms with Crippen LogP contribution in [0.4, 0.5) is 0 Å². The van der Waals surface area contributed by atoms with Crippen molar-refractivity contribution in [1.29, 1.82) is 0 Å². The molecule has 2 aromatic rings. The lowest BCUT2D eigenvalue weighted by Gasteiger charge is -2.09. The molecule has 0 aliphatic carbocycles. The fraction of sp³-hybridized carbons (Fsp3) is 0.0769. The van der Waals surface area contributed by atoms with E-state index < -0.39 is 5.97 Å². The highest BCUT2D eigenvalue weighted by molar-refractivity contribution is 6.40. The minimum Gasteiger partial charge on any atom is -0.481 e. The summed E-state index contributed by atoms with van der Waals surface area (Å²) in [4.78, 5) is 14.7. The van der Waals surface area contributed by atoms with Crippen LogP contribution >= 0.6 is 34.8 Å². The van der Waals surface area contributed by atoms with Gasteiger partial charge in [-0.1, -0.05) is 40.9 Å². The quantitative estimate of drug-likeness (QED) is 0.857. The van der Waals surface area contributed by atoms with E-state index >= 15 is 0 Å². The number of carboxylic acids is 1. The molecule has 2 rings (SSSR count). The van der Waals surface area contributed by atoms with Gasteiger partial charge in [-0.15, -0.1) is 0 Å². The number of hydrogen-bond acceptors (Lipinski definition) is 2. The molecular formula is C13H8Cl3NO2. The Morgan fingerprint density at radius 1 is 1.11 bits per heavy atom. The van der Waals surface area contributed by atoms with Gasteiger partial charge in [-0.2, -0.15) is 0 Å². The van der Waals surface area contributed by atoms with E-state index in [0.29, 0.717) is 26.9 Å². The molecule has 0 atom stereocenters. The van der Waals surface area contributed by atoms with Crippen LogP contribution in [0.3, 0.4) is 0 Å². The molecule has 19 heavy (non-hydrogen) atoms. The maximum absolute atomic E-state index is 10.6. The number of aromatic nitrogens is 1. The second-order valence-electron chi connectivity index (χ2n) is 3.81. The zero-order valence-corrected chi connectivity index (χ0v) is 11.8. The van der Waals surface area contributed by atoms with Crippen LogP contribution in [0.2, 0.25) is 15.2 Å². The minimum atomic E-state index is -0.966. The van der Waals surface area contributed by atoms with Crippen LogP contribution < -0.4 is 0 Å². The van der Waals surface area contributed by atoms with Gasteiger partial charge in [0.25, 0.3) is 0 Å². The van der Waals surface area contributed by atoms with E-state index in [4.69, 9.17) is 39.9 Å². The summed E-state index contributed by atoms with van der Waals surface area (Å²) in [6, 6.07) is 8.39. The van der Waals surface area contributed by atoms with Crippen LogP contribution in [0.15, 0.2) is 30.3 Å². The van der Waals surface area contributed by atoms with Crippen molar-refractivity contribution in [2.45, 2.75) is 6.42 Å². The van der Waals surface area contributed by atoms with Crippen molar-refractivity contribution in [3.8, 4) is 11.1 Å². The molecule has 0 spiro atoms. The third-order valence-corrected chi connectivity index (χ3v) is 3.39. The van der Waals surface area contributed by atoms with Crippen LogP contribution in [0.1, 0.15) is 5.69 Å². The van der Waals surface area contributed by atoms with Gasteiger partial charge in [0.2, 0.25) is 0 Å². The Morgan fingerprint density at radius 3 is 2.26 bits per heavy atom. The summed E-state index contributed by atoms with van der Waals surface area (Å²) in [5, 5.41) is 9.80. The number of pyridine rings is 1. The molecule has 0 saturated heterocycles. The molecule has 0 saturated carbocycles. The van der Waals surface area contributed by atoms with E-state index in [1.807, 2.05) is 0 Å². The summed E-state index contributed by atoms with van der Waals surface area (Å²) in [6.45, 7) is 0. The van der Waals surface area contributed by atoms with Crippen LogP contribution in [-0.2, 0) is 11.2 Å². The molecule has 0 aliphatic rings. The van der Waals surface area contributed by atoms with E-state index in [-0.39, 0.29) is 11.6 Å². The number of carboxylic acid groups (broad SMARTS) is 1. The van der Waals surface area contributed by atoms with Crippen LogP contribution in [0, 0.1) is 0 Å². The van der Waals surface area contributed by atoms with Gasteiger partial charge in [0.15, 0.2) is 0 Å². The van der Waals surface area contributed by atoms with E-state index in [1.165, 1.54) is 0 Å². The molecule has 1 aromatic carbocycles. The molecule has 0 aliphatic heterocycles. The lowest BCUT2D eigenvalue weighted by Crippen LogP contribution is -2.02. The fourth-order valence-corrected chi connectivity index (χ4v) is 2.53. The van der Waals surface area contributed by atoms with Gasteiger partial charge in [-0.05, 0) is 24.3 Å². The molecule has 1 aromatic heterocycles. The molecule has 0 radical (unpaired) electrons. The van der Waals surface area contributed by atoms with Crippen molar-refractivity contribution < 1.29 is 9.90 Å². The van der Waals surface area contributed by atoms with E-state index in [0.717, 1.165) is 0 Å². The molecule has 0 fully saturated rings. The van der Waals surface area contributed by atoms with Crippen LogP contribution in [0.5, 0.6) is 0 Å². The summed E-state index contributed by atoms with van der Waals surface area (Å²) in [5.41, 5.74) is 1.54. The monoisotopic (exact) mass is 315 g/mol. The van der Waals surface area contributed by atoms with Crippen molar-refractivity contribution in [2.75, 3.05) is 0 Å². The number of nitrogens with zero attached hydrogens (tertiary/aromatic N) is 1. The number of hydrogen-bond donors (Lipinski definition) is 1. The Labute approximate surface area is 124 Å². The average molecular weight is 317 g/mol. The van der Waals surface area contributed by atoms with Crippen molar-refractivity contribution in [3.05, 3.63) is 51.2 Å². The van der Waals surface area contributed by atoms with Crippen LogP contribution in [0.25, 0.3) is 11.1 Å². The maximum atomic E-state index is 10.6. The Bertz CT molecular complexity index is 624. The van der Waals surface area contributed by atoms with Gasteiger partial charge in [0, 0.05) is 11.1 Å². The summed E-state index contributed by atoms with van der Waals surface area (Å²) < 4.78 is 0. The lowest BCUT2D eigenvalue weighted by atomic mass is 10.1. The van der Waals surface area contributed by atoms with Gasteiger partial charge in [-0.3, -0.25) is 4.79 Å². The SMILES string of the molecule is O=C(O)Cc1ccc(-c2c(Cl)cccc2Cl)c(Cl)n1. The second-order valence-corrected chi connectivity index (χ2v) is 4.98. The van der Waals surface area contributed by atoms with Crippen molar-refractivity contribution >= 4 is 40.8 Å². The second kappa shape index (κ2) is 5.78. The first-order chi connectivity index (χ1) is 8.99. The molecule has 0 amide bonds. The third kappa shape index (κ3) is 3.18. The molecule has 6 heteroatoms. The molecule has 3 nitrogen and oxygen atoms in total. The largest absolute Gasteiger partial charge is 0.481 e. The van der Waals surface area contributed by atoms with Gasteiger partial charge in [0.05, 0.1) is 22.2 Å². The predicted octanol–water partition coefficient (Wildman–Crippen LogP) is 4.34. The standard InChI is InChI=1S/C13H8Cl3NO2/c14-9-2-1-3-10(15)12(9)8-5-4-7(6-11(18)19)17-13(8)16/h1-5H,6H2,(H,18,19). The number of carbonyl (C=O) groups is 1. The van der Waals surface area contributed by atoms with E-state index in [9.17, 15) is 4.79 Å². The number of benzene rings is 1. The minimum absolute atomic E-state index is 0.175. The lowest BCUT2D eigenvalue weighted by molar-refractivity contribution is -0.136. The zero-order chi connectivity index (χ0) is 14.0. The first-order valence-electron chi connectivity index (χ1n) is 5.30. The number of rotatable bonds is 3. The molecule has 1 heterocycles. The zero-order valence-electron chi connectivity index (χ0n) is 9.53. The first-order valence-corrected chi connectivity index (χ1v) is 6.44. The average Bonchev–Trinajstić information content (AvgIpc) is 2.30. The molecule has 0 unspecified atom stereocenters. The van der Waals surface area contributed by atoms with E-state index in [1.54, 1.807) is 30.3 Å². The Morgan fingerprint density at radius 2 is 1.74 bits per heavy atom. The topological polar surface area (TPSA) is 50.2 Å². The predicted molar refractivity (Wildman–Crippen MR) is 76.0 cm³/mol. The highest BCUT2D eigenvalue weighted by Crippen LogP contribution is 2.37. The summed E-state index contributed by atoms with van der Waals surface area (Å²) in [7, 11) is 0. The summed E-state index contributed by atoms with van der Waals surface area (Å²) in [6.07, 6.45) is -0.184. The summed E-state index contributed by atoms with van der Waals surface area (Å²) >= 11 is 18.3. The Balaban J connectivity index is 2.49. The van der Waals surface area contributed by atoms with Crippen molar-refractivity contribution in [3.63, 3.8) is 0 Å². The van der Waals surface area contributed by atoms with Gasteiger partial charge in [0.1, 0.15) is 5.15 Å². The van der Waals surface area contributed by atoms with Gasteiger partial charge >= 0.3 is 5.97 Å². The Hall–Kier alpha value is -1.29. The van der Waals surface area contributed by atoms with Crippen molar-refractivity contribution in [1.82, 2.24) is 4.98 Å².